The van der Waals surface area contributed by atoms with Crippen LogP contribution < -0.4 is 15.4 Å². The van der Waals surface area contributed by atoms with Gasteiger partial charge in [0.15, 0.2) is 5.96 Å². The van der Waals surface area contributed by atoms with Crippen LogP contribution in [0, 0.1) is 5.41 Å². The molecule has 3 N–H and O–H groups in total. The molecule has 1 atom stereocenters. The van der Waals surface area contributed by atoms with E-state index in [1.54, 1.807) is 7.11 Å². The number of halogens is 1. The molecule has 0 amide bonds. The second kappa shape index (κ2) is 12.8. The quantitative estimate of drug-likeness (QED) is 0.250. The SMILES string of the molecule is CCNC(=NCC1(CCO)CCOC1)NCC1(c2ccc(OC)cc2)CCCCC1.I. The highest BCUT2D eigenvalue weighted by molar-refractivity contribution is 14.0. The number of rotatable bonds is 9. The molecule has 1 unspecified atom stereocenters. The van der Waals surface area contributed by atoms with Crippen molar-refractivity contribution in [1.29, 1.82) is 0 Å². The molecule has 176 valence electrons. The summed E-state index contributed by atoms with van der Waals surface area (Å²) in [7, 11) is 1.71. The van der Waals surface area contributed by atoms with Crippen molar-refractivity contribution in [3.63, 3.8) is 0 Å². The Kier molecular flexibility index (Phi) is 10.9. The highest BCUT2D eigenvalue weighted by Crippen LogP contribution is 2.39. The van der Waals surface area contributed by atoms with Crippen LogP contribution in [0.5, 0.6) is 5.75 Å². The van der Waals surface area contributed by atoms with Crippen LogP contribution in [0.3, 0.4) is 0 Å². The lowest BCUT2D eigenvalue weighted by Crippen LogP contribution is -2.47. The van der Waals surface area contributed by atoms with Crippen LogP contribution in [0.2, 0.25) is 0 Å². The summed E-state index contributed by atoms with van der Waals surface area (Å²) in [6, 6.07) is 8.59. The number of ether oxygens (including phenoxy) is 2. The summed E-state index contributed by atoms with van der Waals surface area (Å²) in [5, 5.41) is 16.5. The third kappa shape index (κ3) is 6.96. The number of aliphatic hydroxyl groups is 1. The first-order valence-electron chi connectivity index (χ1n) is 11.5. The fourth-order valence-electron chi connectivity index (χ4n) is 4.87. The second-order valence-electron chi connectivity index (χ2n) is 8.89. The number of aliphatic hydroxyl groups excluding tert-OH is 1. The van der Waals surface area contributed by atoms with Crippen molar-refractivity contribution in [3.8, 4) is 5.75 Å². The molecule has 1 aliphatic heterocycles. The van der Waals surface area contributed by atoms with Crippen molar-refractivity contribution in [3.05, 3.63) is 29.8 Å². The molecule has 1 aromatic rings. The van der Waals surface area contributed by atoms with Crippen molar-refractivity contribution < 1.29 is 14.6 Å². The van der Waals surface area contributed by atoms with Gasteiger partial charge in [-0.15, -0.1) is 24.0 Å². The Morgan fingerprint density at radius 3 is 2.45 bits per heavy atom. The van der Waals surface area contributed by atoms with Gasteiger partial charge in [-0.25, -0.2) is 0 Å². The van der Waals surface area contributed by atoms with Gasteiger partial charge in [-0.2, -0.15) is 0 Å². The molecule has 31 heavy (non-hydrogen) atoms. The van der Waals surface area contributed by atoms with Crippen LogP contribution >= 0.6 is 24.0 Å². The van der Waals surface area contributed by atoms with Gasteiger partial charge in [-0.05, 0) is 50.3 Å². The Bertz CT molecular complexity index is 669. The average molecular weight is 546 g/mol. The number of methoxy groups -OCH3 is 1. The van der Waals surface area contributed by atoms with Gasteiger partial charge < -0.3 is 25.2 Å². The molecular formula is C24H40IN3O3. The summed E-state index contributed by atoms with van der Waals surface area (Å²) in [4.78, 5) is 4.91. The molecule has 1 aromatic carbocycles. The Morgan fingerprint density at radius 2 is 1.87 bits per heavy atom. The monoisotopic (exact) mass is 545 g/mol. The maximum atomic E-state index is 9.49. The minimum atomic E-state index is -0.0321. The first-order chi connectivity index (χ1) is 14.7. The van der Waals surface area contributed by atoms with Crippen LogP contribution in [-0.2, 0) is 10.2 Å². The van der Waals surface area contributed by atoms with E-state index < -0.39 is 0 Å². The Morgan fingerprint density at radius 1 is 1.13 bits per heavy atom. The maximum Gasteiger partial charge on any atom is 0.191 e. The van der Waals surface area contributed by atoms with Crippen LogP contribution in [0.25, 0.3) is 0 Å². The zero-order valence-corrected chi connectivity index (χ0v) is 21.5. The topological polar surface area (TPSA) is 75.1 Å². The predicted octanol–water partition coefficient (Wildman–Crippen LogP) is 3.86. The van der Waals surface area contributed by atoms with Gasteiger partial charge in [-0.1, -0.05) is 31.4 Å². The molecule has 3 rings (SSSR count). The molecule has 7 heteroatoms. The average Bonchev–Trinajstić information content (AvgIpc) is 3.25. The third-order valence-corrected chi connectivity index (χ3v) is 6.85. The summed E-state index contributed by atoms with van der Waals surface area (Å²) >= 11 is 0. The smallest absolute Gasteiger partial charge is 0.191 e. The van der Waals surface area contributed by atoms with Gasteiger partial charge in [0.2, 0.25) is 0 Å². The van der Waals surface area contributed by atoms with E-state index in [-0.39, 0.29) is 41.4 Å². The van der Waals surface area contributed by atoms with Crippen LogP contribution in [0.1, 0.15) is 57.4 Å². The standard InChI is InChI=1S/C24H39N3O3.HI/c1-3-25-22(26-17-23(13-15-28)14-16-30-19-23)27-18-24(11-5-4-6-12-24)20-7-9-21(29-2)10-8-20;/h7-10,28H,3-6,11-19H2,1-2H3,(H2,25,26,27);1H. The third-order valence-electron chi connectivity index (χ3n) is 6.85. The number of nitrogens with one attached hydrogen (secondary N) is 2. The van der Waals surface area contributed by atoms with E-state index in [4.69, 9.17) is 14.5 Å². The summed E-state index contributed by atoms with van der Waals surface area (Å²) in [6.07, 6.45) is 7.92. The van der Waals surface area contributed by atoms with E-state index in [1.807, 2.05) is 0 Å². The largest absolute Gasteiger partial charge is 0.497 e. The van der Waals surface area contributed by atoms with Gasteiger partial charge in [0.1, 0.15) is 5.75 Å². The summed E-state index contributed by atoms with van der Waals surface area (Å²) in [5.74, 6) is 1.76. The fraction of sp³-hybridized carbons (Fsp3) is 0.708. The molecule has 1 heterocycles. The number of nitrogens with zero attached hydrogens (tertiary/aromatic N) is 1. The van der Waals surface area contributed by atoms with E-state index in [0.717, 1.165) is 44.2 Å². The van der Waals surface area contributed by atoms with Crippen molar-refractivity contribution >= 4 is 29.9 Å². The maximum absolute atomic E-state index is 9.49. The van der Waals surface area contributed by atoms with Crippen molar-refractivity contribution in [2.24, 2.45) is 10.4 Å². The molecule has 2 aliphatic rings. The van der Waals surface area contributed by atoms with Gasteiger partial charge in [0.25, 0.3) is 0 Å². The molecule has 0 aromatic heterocycles. The molecule has 0 bridgehead atoms. The lowest BCUT2D eigenvalue weighted by atomic mass is 9.69. The van der Waals surface area contributed by atoms with E-state index in [0.29, 0.717) is 13.2 Å². The van der Waals surface area contributed by atoms with Gasteiger partial charge in [0, 0.05) is 37.1 Å². The lowest BCUT2D eigenvalue weighted by molar-refractivity contribution is 0.131. The first kappa shape index (κ1) is 26.2. The summed E-state index contributed by atoms with van der Waals surface area (Å²) in [6.45, 7) is 6.10. The minimum absolute atomic E-state index is 0. The fourth-order valence-corrected chi connectivity index (χ4v) is 4.87. The van der Waals surface area contributed by atoms with Gasteiger partial charge >= 0.3 is 0 Å². The van der Waals surface area contributed by atoms with Gasteiger partial charge in [0.05, 0.1) is 20.3 Å². The zero-order chi connectivity index (χ0) is 21.3. The van der Waals surface area contributed by atoms with Crippen molar-refractivity contribution in [2.75, 3.05) is 46.6 Å². The van der Waals surface area contributed by atoms with E-state index in [1.165, 1.54) is 37.7 Å². The van der Waals surface area contributed by atoms with Crippen molar-refractivity contribution in [1.82, 2.24) is 10.6 Å². The highest BCUT2D eigenvalue weighted by Gasteiger charge is 2.36. The predicted molar refractivity (Wildman–Crippen MR) is 137 cm³/mol. The minimum Gasteiger partial charge on any atom is -0.497 e. The number of hydrogen-bond acceptors (Lipinski definition) is 4. The lowest BCUT2D eigenvalue weighted by Gasteiger charge is -2.38. The Hall–Kier alpha value is -1.06. The zero-order valence-electron chi connectivity index (χ0n) is 19.1. The number of guanidine groups is 1. The van der Waals surface area contributed by atoms with Gasteiger partial charge in [-0.3, -0.25) is 4.99 Å². The Labute approximate surface area is 204 Å². The van der Waals surface area contributed by atoms with E-state index in [9.17, 15) is 5.11 Å². The normalized spacial score (nSPS) is 23.1. The highest BCUT2D eigenvalue weighted by atomic mass is 127. The molecule has 2 fully saturated rings. The first-order valence-corrected chi connectivity index (χ1v) is 11.5. The van der Waals surface area contributed by atoms with Crippen LogP contribution in [0.4, 0.5) is 0 Å². The summed E-state index contributed by atoms with van der Waals surface area (Å²) in [5.41, 5.74) is 1.47. The molecular weight excluding hydrogens is 505 g/mol. The Balaban J connectivity index is 0.00000341. The van der Waals surface area contributed by atoms with E-state index in [2.05, 4.69) is 41.8 Å². The molecule has 6 nitrogen and oxygen atoms in total. The number of aliphatic imine (C=N–C) groups is 1. The molecule has 1 aliphatic carbocycles. The number of hydrogen-bond donors (Lipinski definition) is 3. The van der Waals surface area contributed by atoms with E-state index >= 15 is 0 Å². The summed E-state index contributed by atoms with van der Waals surface area (Å²) < 4.78 is 11.0. The van der Waals surface area contributed by atoms with Crippen LogP contribution in [0.15, 0.2) is 29.3 Å². The molecule has 1 saturated carbocycles. The number of benzene rings is 1. The van der Waals surface area contributed by atoms with Crippen molar-refractivity contribution in [2.45, 2.75) is 57.3 Å². The second-order valence-corrected chi connectivity index (χ2v) is 8.89. The molecule has 1 saturated heterocycles. The molecule has 0 radical (unpaired) electrons. The van der Waals surface area contributed by atoms with Crippen LogP contribution in [-0.4, -0.2) is 57.6 Å². The molecule has 0 spiro atoms.